The number of rotatable bonds is 4. The summed E-state index contributed by atoms with van der Waals surface area (Å²) < 4.78 is 14.6. The summed E-state index contributed by atoms with van der Waals surface area (Å²) in [5.41, 5.74) is -1.97. The van der Waals surface area contributed by atoms with E-state index in [0.29, 0.717) is 0 Å². The standard InChI is InChI=1S/C11H18O11/c12-1-11(19)2-20-10(7(11)15)22-6-4(14)3(13)5(8(16)17)21-9(6)18/h3-7,9-10,12-15,18-19H,1-2H2,(H,16,17)/t3-,4-,5-,6+,7-,9?,10-,11+/m0/s1. The van der Waals surface area contributed by atoms with Crippen LogP contribution in [0.25, 0.3) is 0 Å². The third-order valence-electron chi connectivity index (χ3n) is 3.68. The van der Waals surface area contributed by atoms with Crippen LogP contribution in [0.3, 0.4) is 0 Å². The number of hydrogen-bond acceptors (Lipinski definition) is 10. The molecule has 0 spiro atoms. The summed E-state index contributed by atoms with van der Waals surface area (Å²) in [5.74, 6) is -1.59. The first-order chi connectivity index (χ1) is 10.2. The van der Waals surface area contributed by atoms with Gasteiger partial charge in [-0.1, -0.05) is 0 Å². The molecule has 0 amide bonds. The van der Waals surface area contributed by atoms with Gasteiger partial charge in [0.25, 0.3) is 0 Å². The van der Waals surface area contributed by atoms with Gasteiger partial charge >= 0.3 is 5.97 Å². The molecule has 0 saturated carbocycles. The van der Waals surface area contributed by atoms with Crippen molar-refractivity contribution in [1.29, 1.82) is 0 Å². The maximum Gasteiger partial charge on any atom is 0.335 e. The molecule has 2 saturated heterocycles. The first-order valence-electron chi connectivity index (χ1n) is 6.42. The smallest absolute Gasteiger partial charge is 0.335 e. The van der Waals surface area contributed by atoms with Gasteiger partial charge in [-0.05, 0) is 0 Å². The lowest BCUT2D eigenvalue weighted by Crippen LogP contribution is -2.61. The predicted molar refractivity (Wildman–Crippen MR) is 63.2 cm³/mol. The molecule has 0 radical (unpaired) electrons. The van der Waals surface area contributed by atoms with E-state index in [1.807, 2.05) is 0 Å². The van der Waals surface area contributed by atoms with E-state index in [9.17, 15) is 30.3 Å². The van der Waals surface area contributed by atoms with Crippen LogP contribution in [0.2, 0.25) is 0 Å². The van der Waals surface area contributed by atoms with E-state index in [1.165, 1.54) is 0 Å². The minimum Gasteiger partial charge on any atom is -0.479 e. The Kier molecular flexibility index (Phi) is 5.01. The molecule has 11 heteroatoms. The van der Waals surface area contributed by atoms with Crippen molar-refractivity contribution >= 4 is 5.97 Å². The van der Waals surface area contributed by atoms with Gasteiger partial charge in [0.15, 0.2) is 18.7 Å². The lowest BCUT2D eigenvalue weighted by Gasteiger charge is -2.39. The van der Waals surface area contributed by atoms with Crippen molar-refractivity contribution in [2.24, 2.45) is 0 Å². The Bertz CT molecular complexity index is 417. The van der Waals surface area contributed by atoms with Crippen molar-refractivity contribution in [2.75, 3.05) is 13.2 Å². The molecule has 1 unspecified atom stereocenters. The molecule has 2 rings (SSSR count). The van der Waals surface area contributed by atoms with Crippen LogP contribution in [0, 0.1) is 0 Å². The molecule has 0 bridgehead atoms. The van der Waals surface area contributed by atoms with Crippen molar-refractivity contribution in [3.8, 4) is 0 Å². The van der Waals surface area contributed by atoms with Gasteiger partial charge < -0.3 is 50.0 Å². The largest absolute Gasteiger partial charge is 0.479 e. The van der Waals surface area contributed by atoms with Gasteiger partial charge in [0.2, 0.25) is 0 Å². The summed E-state index contributed by atoms with van der Waals surface area (Å²) in [4.78, 5) is 10.8. The topological polar surface area (TPSA) is 186 Å². The molecule has 0 aliphatic carbocycles. The van der Waals surface area contributed by atoms with Crippen LogP contribution in [0.1, 0.15) is 0 Å². The zero-order valence-corrected chi connectivity index (χ0v) is 11.2. The highest BCUT2D eigenvalue weighted by Gasteiger charge is 2.53. The number of aliphatic carboxylic acids is 1. The van der Waals surface area contributed by atoms with Crippen LogP contribution >= 0.6 is 0 Å². The first-order valence-corrected chi connectivity index (χ1v) is 6.42. The van der Waals surface area contributed by atoms with Crippen LogP contribution in [0.15, 0.2) is 0 Å². The Labute approximate surface area is 123 Å². The molecule has 0 aromatic rings. The third-order valence-corrected chi connectivity index (χ3v) is 3.68. The lowest BCUT2D eigenvalue weighted by atomic mass is 9.98. The maximum absolute atomic E-state index is 10.8. The second-order valence-corrected chi connectivity index (χ2v) is 5.25. The van der Waals surface area contributed by atoms with Crippen LogP contribution in [-0.4, -0.2) is 104 Å². The van der Waals surface area contributed by atoms with E-state index in [2.05, 4.69) is 4.74 Å². The van der Waals surface area contributed by atoms with Crippen LogP contribution < -0.4 is 0 Å². The van der Waals surface area contributed by atoms with Gasteiger partial charge in [0.05, 0.1) is 13.2 Å². The SMILES string of the molecule is O=C(O)[C@H]1OC(O)[C@H](O[C@@H]2OC[C@](O)(CO)[C@H]2O)[C@@H](O)[C@@H]1O. The van der Waals surface area contributed by atoms with Crippen molar-refractivity contribution in [1.82, 2.24) is 0 Å². The van der Waals surface area contributed by atoms with Crippen LogP contribution in [0.5, 0.6) is 0 Å². The van der Waals surface area contributed by atoms with Gasteiger partial charge in [0.1, 0.15) is 30.0 Å². The number of carboxylic acid groups (broad SMARTS) is 1. The maximum atomic E-state index is 10.8. The molecule has 2 aliphatic heterocycles. The normalized spacial score (nSPS) is 49.3. The zero-order valence-electron chi connectivity index (χ0n) is 11.2. The molecular formula is C11H18O11. The zero-order chi connectivity index (χ0) is 16.7. The second kappa shape index (κ2) is 6.31. The molecule has 22 heavy (non-hydrogen) atoms. The summed E-state index contributed by atoms with van der Waals surface area (Å²) in [5, 5.41) is 66.5. The fourth-order valence-corrected chi connectivity index (χ4v) is 2.27. The van der Waals surface area contributed by atoms with Crippen LogP contribution in [0.4, 0.5) is 0 Å². The monoisotopic (exact) mass is 326 g/mol. The van der Waals surface area contributed by atoms with Crippen molar-refractivity contribution < 1.29 is 54.8 Å². The van der Waals surface area contributed by atoms with E-state index in [1.54, 1.807) is 0 Å². The van der Waals surface area contributed by atoms with Gasteiger partial charge in [-0.25, -0.2) is 4.79 Å². The second-order valence-electron chi connectivity index (χ2n) is 5.25. The first kappa shape index (κ1) is 17.5. The van der Waals surface area contributed by atoms with Gasteiger partial charge in [-0.2, -0.15) is 0 Å². The highest BCUT2D eigenvalue weighted by Crippen LogP contribution is 2.30. The quantitative estimate of drug-likeness (QED) is 0.263. The number of aliphatic hydroxyl groups excluding tert-OH is 5. The molecule has 7 N–H and O–H groups in total. The number of aliphatic hydroxyl groups is 6. The summed E-state index contributed by atoms with van der Waals surface area (Å²) in [6.45, 7) is -1.28. The Morgan fingerprint density at radius 2 is 1.86 bits per heavy atom. The molecule has 11 nitrogen and oxygen atoms in total. The highest BCUT2D eigenvalue weighted by atomic mass is 16.7. The molecule has 8 atom stereocenters. The minimum absolute atomic E-state index is 0.463. The number of carboxylic acids is 1. The summed E-state index contributed by atoms with van der Waals surface area (Å²) in [6.07, 6.45) is -12.3. The molecule has 2 fully saturated rings. The summed E-state index contributed by atoms with van der Waals surface area (Å²) in [6, 6.07) is 0. The average Bonchev–Trinajstić information content (AvgIpc) is 2.75. The fourth-order valence-electron chi connectivity index (χ4n) is 2.27. The number of carbonyl (C=O) groups is 1. The van der Waals surface area contributed by atoms with Gasteiger partial charge in [-0.15, -0.1) is 0 Å². The Balaban J connectivity index is 2.06. The summed E-state index contributed by atoms with van der Waals surface area (Å²) >= 11 is 0. The Morgan fingerprint density at radius 1 is 1.23 bits per heavy atom. The van der Waals surface area contributed by atoms with Gasteiger partial charge in [0, 0.05) is 0 Å². The molecule has 2 heterocycles. The minimum atomic E-state index is -1.97. The number of ether oxygens (including phenoxy) is 3. The Morgan fingerprint density at radius 3 is 2.36 bits per heavy atom. The fraction of sp³-hybridized carbons (Fsp3) is 0.909. The van der Waals surface area contributed by atoms with E-state index in [4.69, 9.17) is 19.7 Å². The lowest BCUT2D eigenvalue weighted by molar-refractivity contribution is -0.320. The van der Waals surface area contributed by atoms with E-state index < -0.39 is 67.9 Å². The molecule has 128 valence electrons. The molecular weight excluding hydrogens is 308 g/mol. The summed E-state index contributed by atoms with van der Waals surface area (Å²) in [7, 11) is 0. The average molecular weight is 326 g/mol. The van der Waals surface area contributed by atoms with E-state index in [0.717, 1.165) is 0 Å². The van der Waals surface area contributed by atoms with Gasteiger partial charge in [-0.3, -0.25) is 0 Å². The highest BCUT2D eigenvalue weighted by molar-refractivity contribution is 5.73. The van der Waals surface area contributed by atoms with E-state index in [-0.39, 0.29) is 0 Å². The third kappa shape index (κ3) is 2.95. The van der Waals surface area contributed by atoms with Crippen molar-refractivity contribution in [3.63, 3.8) is 0 Å². The molecule has 0 aromatic heterocycles. The Hall–Kier alpha value is -0.890. The molecule has 0 aromatic carbocycles. The molecule has 2 aliphatic rings. The van der Waals surface area contributed by atoms with Crippen molar-refractivity contribution in [3.05, 3.63) is 0 Å². The number of hydrogen-bond donors (Lipinski definition) is 7. The van der Waals surface area contributed by atoms with Crippen LogP contribution in [-0.2, 0) is 19.0 Å². The predicted octanol–water partition coefficient (Wildman–Crippen LogP) is -4.66. The van der Waals surface area contributed by atoms with E-state index >= 15 is 0 Å². The van der Waals surface area contributed by atoms with Crippen molar-refractivity contribution in [2.45, 2.75) is 48.7 Å².